The van der Waals surface area contributed by atoms with Crippen molar-refractivity contribution in [2.24, 2.45) is 0 Å². The van der Waals surface area contributed by atoms with Crippen LogP contribution in [0.3, 0.4) is 0 Å². The standard InChI is InChI=1S/C27H23ClN2O2/c1-17-13-14-20(18(2)16-17)24-25(29-15-7-9-19-8-3-5-11-22(19)29)27(32)30(26(24)31)23-12-6-4-10-21(23)28/h3-6,8,10-14,16H,7,9,15H2,1-2H3. The van der Waals surface area contributed by atoms with E-state index in [1.54, 1.807) is 24.3 Å². The normalized spacial score (nSPS) is 16.1. The van der Waals surface area contributed by atoms with Gasteiger partial charge in [-0.05, 0) is 61.6 Å². The predicted molar refractivity (Wildman–Crippen MR) is 129 cm³/mol. The van der Waals surface area contributed by atoms with Crippen LogP contribution in [0, 0.1) is 13.8 Å². The Morgan fingerprint density at radius 3 is 2.31 bits per heavy atom. The van der Waals surface area contributed by atoms with Gasteiger partial charge in [-0.25, -0.2) is 4.90 Å². The van der Waals surface area contributed by atoms with E-state index >= 15 is 0 Å². The molecule has 0 atom stereocenters. The van der Waals surface area contributed by atoms with Crippen LogP contribution in [0.25, 0.3) is 5.57 Å². The van der Waals surface area contributed by atoms with Crippen molar-refractivity contribution in [3.8, 4) is 0 Å². The molecule has 160 valence electrons. The summed E-state index contributed by atoms with van der Waals surface area (Å²) in [6, 6.07) is 21.0. The van der Waals surface area contributed by atoms with Gasteiger partial charge in [-0.2, -0.15) is 0 Å². The van der Waals surface area contributed by atoms with E-state index in [4.69, 9.17) is 11.6 Å². The Balaban J connectivity index is 1.75. The van der Waals surface area contributed by atoms with Crippen LogP contribution in [0.2, 0.25) is 5.02 Å². The van der Waals surface area contributed by atoms with Gasteiger partial charge in [0.15, 0.2) is 0 Å². The molecule has 0 unspecified atom stereocenters. The molecule has 5 rings (SSSR count). The molecule has 2 heterocycles. The zero-order valence-electron chi connectivity index (χ0n) is 18.1. The molecule has 3 aromatic carbocycles. The predicted octanol–water partition coefficient (Wildman–Crippen LogP) is 5.69. The summed E-state index contributed by atoms with van der Waals surface area (Å²) in [7, 11) is 0. The van der Waals surface area contributed by atoms with E-state index < -0.39 is 0 Å². The Morgan fingerprint density at radius 2 is 1.56 bits per heavy atom. The summed E-state index contributed by atoms with van der Waals surface area (Å²) in [5.41, 5.74) is 6.29. The highest BCUT2D eigenvalue weighted by atomic mass is 35.5. The summed E-state index contributed by atoms with van der Waals surface area (Å²) in [6.45, 7) is 4.67. The molecule has 2 aliphatic rings. The van der Waals surface area contributed by atoms with Gasteiger partial charge in [-0.1, -0.05) is 65.7 Å². The molecule has 0 bridgehead atoms. The molecule has 0 saturated carbocycles. The van der Waals surface area contributed by atoms with Crippen LogP contribution in [-0.2, 0) is 16.0 Å². The number of fused-ring (bicyclic) bond motifs is 1. The van der Waals surface area contributed by atoms with E-state index in [2.05, 4.69) is 6.07 Å². The first-order chi connectivity index (χ1) is 15.5. The second-order valence-corrected chi connectivity index (χ2v) is 8.73. The average Bonchev–Trinajstić information content (AvgIpc) is 3.03. The lowest BCUT2D eigenvalue weighted by molar-refractivity contribution is -0.120. The molecule has 4 nitrogen and oxygen atoms in total. The van der Waals surface area contributed by atoms with E-state index in [9.17, 15) is 9.59 Å². The number of carbonyl (C=O) groups excluding carboxylic acids is 2. The minimum absolute atomic E-state index is 0.338. The highest BCUT2D eigenvalue weighted by Crippen LogP contribution is 2.41. The minimum atomic E-state index is -0.340. The number of amides is 2. The summed E-state index contributed by atoms with van der Waals surface area (Å²) in [4.78, 5) is 31.0. The van der Waals surface area contributed by atoms with Crippen molar-refractivity contribution in [3.05, 3.63) is 99.7 Å². The monoisotopic (exact) mass is 442 g/mol. The Morgan fingerprint density at radius 1 is 0.844 bits per heavy atom. The number of aryl methyl sites for hydroxylation is 3. The number of hydrogen-bond acceptors (Lipinski definition) is 3. The Labute approximate surface area is 192 Å². The van der Waals surface area contributed by atoms with Gasteiger partial charge in [0.25, 0.3) is 11.8 Å². The lowest BCUT2D eigenvalue weighted by atomic mass is 9.95. The zero-order valence-corrected chi connectivity index (χ0v) is 18.8. The molecular formula is C27H23ClN2O2. The topological polar surface area (TPSA) is 40.6 Å². The third-order valence-electron chi connectivity index (χ3n) is 6.18. The molecule has 2 aliphatic heterocycles. The second kappa shape index (κ2) is 7.95. The first kappa shape index (κ1) is 20.5. The largest absolute Gasteiger partial charge is 0.336 e. The molecule has 0 radical (unpaired) electrons. The van der Waals surface area contributed by atoms with Crippen LogP contribution in [0.5, 0.6) is 0 Å². The van der Waals surface area contributed by atoms with E-state index in [0.29, 0.717) is 28.5 Å². The first-order valence-corrected chi connectivity index (χ1v) is 11.2. The summed E-state index contributed by atoms with van der Waals surface area (Å²) in [5.74, 6) is -0.678. The third-order valence-corrected chi connectivity index (χ3v) is 6.50. The Bertz CT molecular complexity index is 1290. The number of hydrogen-bond donors (Lipinski definition) is 0. The van der Waals surface area contributed by atoms with Crippen LogP contribution in [-0.4, -0.2) is 18.4 Å². The van der Waals surface area contributed by atoms with Crippen molar-refractivity contribution < 1.29 is 9.59 Å². The smallest absolute Gasteiger partial charge is 0.282 e. The van der Waals surface area contributed by atoms with Gasteiger partial charge in [0.05, 0.1) is 16.3 Å². The number of rotatable bonds is 3. The molecule has 5 heteroatoms. The first-order valence-electron chi connectivity index (χ1n) is 10.8. The molecule has 32 heavy (non-hydrogen) atoms. The number of anilines is 2. The van der Waals surface area contributed by atoms with Crippen molar-refractivity contribution in [2.45, 2.75) is 26.7 Å². The fourth-order valence-electron chi connectivity index (χ4n) is 4.72. The number of nitrogens with zero attached hydrogens (tertiary/aromatic N) is 2. The maximum absolute atomic E-state index is 13.9. The number of imide groups is 1. The van der Waals surface area contributed by atoms with Gasteiger partial charge in [-0.3, -0.25) is 9.59 Å². The highest BCUT2D eigenvalue weighted by Gasteiger charge is 2.44. The van der Waals surface area contributed by atoms with E-state index in [0.717, 1.165) is 35.2 Å². The fraction of sp³-hybridized carbons (Fsp3) is 0.185. The van der Waals surface area contributed by atoms with E-state index in [1.165, 1.54) is 10.5 Å². The summed E-state index contributed by atoms with van der Waals surface area (Å²) in [5, 5.41) is 0.370. The fourth-order valence-corrected chi connectivity index (χ4v) is 4.94. The van der Waals surface area contributed by atoms with Crippen LogP contribution in [0.1, 0.15) is 28.7 Å². The summed E-state index contributed by atoms with van der Waals surface area (Å²) < 4.78 is 0. The molecule has 2 amide bonds. The minimum Gasteiger partial charge on any atom is -0.336 e. The van der Waals surface area contributed by atoms with Gasteiger partial charge < -0.3 is 4.90 Å². The maximum atomic E-state index is 13.9. The van der Waals surface area contributed by atoms with Crippen LogP contribution >= 0.6 is 11.6 Å². The van der Waals surface area contributed by atoms with Crippen molar-refractivity contribution in [3.63, 3.8) is 0 Å². The van der Waals surface area contributed by atoms with E-state index in [1.807, 2.05) is 55.1 Å². The lowest BCUT2D eigenvalue weighted by Crippen LogP contribution is -2.37. The SMILES string of the molecule is Cc1ccc(C2=C(N3CCCc4ccccc43)C(=O)N(c3ccccc3Cl)C2=O)c(C)c1. The number of para-hydroxylation sites is 2. The Hall–Kier alpha value is -3.37. The molecule has 0 saturated heterocycles. The van der Waals surface area contributed by atoms with Gasteiger partial charge in [0.2, 0.25) is 0 Å². The van der Waals surface area contributed by atoms with E-state index in [-0.39, 0.29) is 11.8 Å². The highest BCUT2D eigenvalue weighted by molar-refractivity contribution is 6.48. The molecular weight excluding hydrogens is 420 g/mol. The van der Waals surface area contributed by atoms with Crippen LogP contribution in [0.15, 0.2) is 72.4 Å². The van der Waals surface area contributed by atoms with Gasteiger partial charge >= 0.3 is 0 Å². The summed E-state index contributed by atoms with van der Waals surface area (Å²) in [6.07, 6.45) is 1.86. The van der Waals surface area contributed by atoms with Crippen molar-refractivity contribution in [2.75, 3.05) is 16.3 Å². The van der Waals surface area contributed by atoms with Crippen molar-refractivity contribution in [1.82, 2.24) is 0 Å². The van der Waals surface area contributed by atoms with Gasteiger partial charge in [-0.15, -0.1) is 0 Å². The van der Waals surface area contributed by atoms with Crippen molar-refractivity contribution >= 4 is 40.4 Å². The molecule has 3 aromatic rings. The van der Waals surface area contributed by atoms with Gasteiger partial charge in [0.1, 0.15) is 5.70 Å². The van der Waals surface area contributed by atoms with Gasteiger partial charge in [0, 0.05) is 12.2 Å². The third kappa shape index (κ3) is 3.23. The maximum Gasteiger partial charge on any atom is 0.282 e. The zero-order chi connectivity index (χ0) is 22.4. The van der Waals surface area contributed by atoms with Crippen LogP contribution in [0.4, 0.5) is 11.4 Å². The average molecular weight is 443 g/mol. The molecule has 0 N–H and O–H groups in total. The summed E-state index contributed by atoms with van der Waals surface area (Å²) >= 11 is 6.42. The lowest BCUT2D eigenvalue weighted by Gasteiger charge is -2.32. The molecule has 0 aliphatic carbocycles. The molecule has 0 spiro atoms. The molecule has 0 fully saturated rings. The number of carbonyl (C=O) groups is 2. The van der Waals surface area contributed by atoms with Crippen LogP contribution < -0.4 is 9.80 Å². The number of halogens is 1. The quantitative estimate of drug-likeness (QED) is 0.489. The van der Waals surface area contributed by atoms with Crippen molar-refractivity contribution in [1.29, 1.82) is 0 Å². The number of benzene rings is 3. The molecule has 0 aromatic heterocycles. The second-order valence-electron chi connectivity index (χ2n) is 8.32. The Kier molecular flexibility index (Phi) is 5.10.